The number of hydrogen-bond donors (Lipinski definition) is 0. The van der Waals surface area contributed by atoms with Crippen LogP contribution in [0.15, 0.2) is 30.3 Å². The van der Waals surface area contributed by atoms with Gasteiger partial charge in [0, 0.05) is 43.1 Å². The number of carbonyl (C=O) groups is 2. The predicted molar refractivity (Wildman–Crippen MR) is 113 cm³/mol. The molecule has 3 aromatic rings. The van der Waals surface area contributed by atoms with Crippen LogP contribution in [0.4, 0.5) is 4.79 Å². The number of benzene rings is 1. The van der Waals surface area contributed by atoms with Crippen molar-refractivity contribution in [2.24, 2.45) is 0 Å². The lowest BCUT2D eigenvalue weighted by Gasteiger charge is -2.34. The zero-order chi connectivity index (χ0) is 20.5. The highest BCUT2D eigenvalue weighted by Gasteiger charge is 2.25. The van der Waals surface area contributed by atoms with E-state index in [0.29, 0.717) is 38.3 Å². The summed E-state index contributed by atoms with van der Waals surface area (Å²) in [6.07, 6.45) is -0.311. The third-order valence-electron chi connectivity index (χ3n) is 5.18. The Morgan fingerprint density at radius 1 is 1.03 bits per heavy atom. The molecule has 1 aromatic carbocycles. The molecule has 7 nitrogen and oxygen atoms in total. The predicted octanol–water partition coefficient (Wildman–Crippen LogP) is 3.62. The molecule has 4 rings (SSSR count). The fourth-order valence-corrected chi connectivity index (χ4v) is 4.72. The Balaban J connectivity index is 1.51. The fourth-order valence-electron chi connectivity index (χ4n) is 3.60. The van der Waals surface area contributed by atoms with Gasteiger partial charge in [-0.3, -0.25) is 9.36 Å². The summed E-state index contributed by atoms with van der Waals surface area (Å²) in [6, 6.07) is 9.82. The van der Waals surface area contributed by atoms with Gasteiger partial charge in [-0.05, 0) is 51.1 Å². The number of rotatable bonds is 3. The van der Waals surface area contributed by atoms with Gasteiger partial charge in [0.1, 0.15) is 0 Å². The van der Waals surface area contributed by atoms with E-state index >= 15 is 0 Å². The van der Waals surface area contributed by atoms with Crippen LogP contribution in [0.5, 0.6) is 0 Å². The van der Waals surface area contributed by atoms with Gasteiger partial charge in [-0.2, -0.15) is 0 Å². The Morgan fingerprint density at radius 2 is 1.69 bits per heavy atom. The lowest BCUT2D eigenvalue weighted by Crippen LogP contribution is -2.50. The van der Waals surface area contributed by atoms with Crippen molar-refractivity contribution in [1.82, 2.24) is 19.4 Å². The molecule has 0 radical (unpaired) electrons. The maximum atomic E-state index is 13.0. The summed E-state index contributed by atoms with van der Waals surface area (Å²) in [7, 11) is 0. The molecule has 0 atom stereocenters. The highest BCUT2D eigenvalue weighted by atomic mass is 32.1. The summed E-state index contributed by atoms with van der Waals surface area (Å²) < 4.78 is 8.15. The topological polar surface area (TPSA) is 67.7 Å². The van der Waals surface area contributed by atoms with Gasteiger partial charge in [-0.15, -0.1) is 0 Å². The van der Waals surface area contributed by atoms with Crippen molar-refractivity contribution < 1.29 is 14.3 Å². The zero-order valence-electron chi connectivity index (χ0n) is 16.8. The number of ether oxygens (including phenoxy) is 1. The summed E-state index contributed by atoms with van der Waals surface area (Å²) in [4.78, 5) is 33.0. The van der Waals surface area contributed by atoms with Crippen LogP contribution < -0.4 is 0 Å². The number of hydrogen-bond acceptors (Lipinski definition) is 5. The van der Waals surface area contributed by atoms with E-state index in [4.69, 9.17) is 9.72 Å². The number of amides is 2. The second-order valence-corrected chi connectivity index (χ2v) is 8.12. The van der Waals surface area contributed by atoms with Crippen LogP contribution in [0.2, 0.25) is 0 Å². The second-order valence-electron chi connectivity index (χ2n) is 7.11. The molecular weight excluding hydrogens is 388 g/mol. The Kier molecular flexibility index (Phi) is 5.27. The minimum atomic E-state index is -0.311. The number of aromatic nitrogens is 2. The van der Waals surface area contributed by atoms with Crippen molar-refractivity contribution >= 4 is 33.6 Å². The molecule has 0 bridgehead atoms. The molecule has 0 N–H and O–H groups in total. The maximum Gasteiger partial charge on any atom is 0.409 e. The highest BCUT2D eigenvalue weighted by Crippen LogP contribution is 2.28. The van der Waals surface area contributed by atoms with Crippen LogP contribution in [0, 0.1) is 13.8 Å². The van der Waals surface area contributed by atoms with Gasteiger partial charge in [0.15, 0.2) is 5.13 Å². The van der Waals surface area contributed by atoms with Crippen molar-refractivity contribution in [3.63, 3.8) is 0 Å². The first-order valence-corrected chi connectivity index (χ1v) is 10.6. The van der Waals surface area contributed by atoms with Crippen molar-refractivity contribution in [1.29, 1.82) is 0 Å². The molecule has 1 aliphatic rings. The minimum absolute atomic E-state index is 0.0151. The van der Waals surface area contributed by atoms with E-state index in [-0.39, 0.29) is 12.0 Å². The molecular formula is C21H24N4O3S. The first-order chi connectivity index (χ1) is 14.0. The van der Waals surface area contributed by atoms with Crippen molar-refractivity contribution in [3.05, 3.63) is 47.3 Å². The smallest absolute Gasteiger partial charge is 0.409 e. The van der Waals surface area contributed by atoms with Gasteiger partial charge in [0.2, 0.25) is 0 Å². The molecule has 1 saturated heterocycles. The van der Waals surface area contributed by atoms with Crippen LogP contribution in [-0.4, -0.2) is 64.1 Å². The van der Waals surface area contributed by atoms with Gasteiger partial charge in [0.05, 0.1) is 16.8 Å². The molecule has 152 valence electrons. The first kappa shape index (κ1) is 19.4. The summed E-state index contributed by atoms with van der Waals surface area (Å²) >= 11 is 1.58. The molecule has 1 aliphatic heterocycles. The molecule has 29 heavy (non-hydrogen) atoms. The van der Waals surface area contributed by atoms with Gasteiger partial charge >= 0.3 is 6.09 Å². The van der Waals surface area contributed by atoms with E-state index < -0.39 is 0 Å². The maximum absolute atomic E-state index is 13.0. The number of nitrogens with zero attached hydrogens (tertiary/aromatic N) is 4. The molecule has 1 fully saturated rings. The Morgan fingerprint density at radius 3 is 2.34 bits per heavy atom. The lowest BCUT2D eigenvalue weighted by molar-refractivity contribution is 0.0570. The van der Waals surface area contributed by atoms with Crippen LogP contribution in [0.25, 0.3) is 15.3 Å². The van der Waals surface area contributed by atoms with E-state index in [1.54, 1.807) is 28.1 Å². The third kappa shape index (κ3) is 3.72. The second kappa shape index (κ2) is 7.87. The monoisotopic (exact) mass is 412 g/mol. The summed E-state index contributed by atoms with van der Waals surface area (Å²) in [5, 5.41) is 0.910. The van der Waals surface area contributed by atoms with Crippen LogP contribution in [-0.2, 0) is 4.74 Å². The average molecular weight is 413 g/mol. The van der Waals surface area contributed by atoms with E-state index in [1.165, 1.54) is 0 Å². The molecule has 0 saturated carbocycles. The number of aryl methyl sites for hydroxylation is 2. The number of fused-ring (bicyclic) bond motifs is 1. The van der Waals surface area contributed by atoms with Gasteiger partial charge in [0.25, 0.3) is 5.91 Å². The van der Waals surface area contributed by atoms with Crippen LogP contribution in [0.3, 0.4) is 0 Å². The SMILES string of the molecule is CCOC(=O)N1CCN(C(=O)c2ccc3nc(-n4c(C)ccc4C)sc3c2)CC1. The van der Waals surface area contributed by atoms with Crippen molar-refractivity contribution in [3.8, 4) is 5.13 Å². The molecule has 2 amide bonds. The first-order valence-electron chi connectivity index (χ1n) is 9.75. The Labute approximate surface area is 173 Å². The van der Waals surface area contributed by atoms with Gasteiger partial charge < -0.3 is 14.5 Å². The fraction of sp³-hybridized carbons (Fsp3) is 0.381. The normalized spacial score (nSPS) is 14.4. The molecule has 0 aliphatic carbocycles. The minimum Gasteiger partial charge on any atom is -0.450 e. The summed E-state index contributed by atoms with van der Waals surface area (Å²) in [5.74, 6) is -0.0151. The lowest BCUT2D eigenvalue weighted by atomic mass is 10.1. The van der Waals surface area contributed by atoms with E-state index in [1.807, 2.05) is 18.2 Å². The molecule has 2 aromatic heterocycles. The Bertz CT molecular complexity index is 1040. The Hall–Kier alpha value is -2.87. The molecule has 3 heterocycles. The largest absolute Gasteiger partial charge is 0.450 e. The van der Waals surface area contributed by atoms with Crippen LogP contribution >= 0.6 is 11.3 Å². The van der Waals surface area contributed by atoms with E-state index in [0.717, 1.165) is 26.7 Å². The van der Waals surface area contributed by atoms with Crippen molar-refractivity contribution in [2.45, 2.75) is 20.8 Å². The van der Waals surface area contributed by atoms with E-state index in [2.05, 4.69) is 30.5 Å². The summed E-state index contributed by atoms with van der Waals surface area (Å²) in [5.41, 5.74) is 3.81. The molecule has 0 spiro atoms. The van der Waals surface area contributed by atoms with Crippen LogP contribution in [0.1, 0.15) is 28.7 Å². The standard InChI is InChI=1S/C21H24N4O3S/c1-4-28-21(27)24-11-9-23(10-12-24)19(26)16-7-8-17-18(13-16)29-20(22-17)25-14(2)5-6-15(25)3/h5-8,13H,4,9-12H2,1-3H3. The zero-order valence-corrected chi connectivity index (χ0v) is 17.7. The number of thiazole rings is 1. The third-order valence-corrected chi connectivity index (χ3v) is 6.18. The van der Waals surface area contributed by atoms with Gasteiger partial charge in [-0.1, -0.05) is 11.3 Å². The highest BCUT2D eigenvalue weighted by molar-refractivity contribution is 7.20. The molecule has 8 heteroatoms. The number of piperazine rings is 1. The van der Waals surface area contributed by atoms with Crippen molar-refractivity contribution in [2.75, 3.05) is 32.8 Å². The molecule has 0 unspecified atom stereocenters. The van der Waals surface area contributed by atoms with E-state index in [9.17, 15) is 9.59 Å². The van der Waals surface area contributed by atoms with Gasteiger partial charge in [-0.25, -0.2) is 9.78 Å². The quantitative estimate of drug-likeness (QED) is 0.659. The average Bonchev–Trinajstić information content (AvgIpc) is 3.29. The summed E-state index contributed by atoms with van der Waals surface area (Å²) in [6.45, 7) is 8.26. The number of carbonyl (C=O) groups excluding carboxylic acids is 2.